The molecule has 1 aromatic rings. The Bertz CT molecular complexity index is 355. The summed E-state index contributed by atoms with van der Waals surface area (Å²) in [5, 5.41) is 0. The van der Waals surface area contributed by atoms with E-state index in [1.807, 2.05) is 13.0 Å². The first-order valence-electron chi connectivity index (χ1n) is 5.33. The van der Waals surface area contributed by atoms with Crippen LogP contribution in [0.15, 0.2) is 29.3 Å². The van der Waals surface area contributed by atoms with Gasteiger partial charge in [-0.15, -0.1) is 0 Å². The molecule has 0 saturated carbocycles. The van der Waals surface area contributed by atoms with Gasteiger partial charge in [0.15, 0.2) is 0 Å². The first-order valence-corrected chi connectivity index (χ1v) is 5.33. The van der Waals surface area contributed by atoms with Crippen molar-refractivity contribution < 1.29 is 4.79 Å². The van der Waals surface area contributed by atoms with E-state index in [1.165, 1.54) is 11.3 Å². The average molecular weight is 203 g/mol. The van der Waals surface area contributed by atoms with Gasteiger partial charge in [0.1, 0.15) is 6.29 Å². The lowest BCUT2D eigenvalue weighted by atomic mass is 10.0. The summed E-state index contributed by atoms with van der Waals surface area (Å²) >= 11 is 0. The Hall–Kier alpha value is -1.44. The molecule has 2 rings (SSSR count). The van der Waals surface area contributed by atoms with E-state index in [2.05, 4.69) is 30.1 Å². The van der Waals surface area contributed by atoms with E-state index < -0.39 is 0 Å². The van der Waals surface area contributed by atoms with E-state index in [-0.39, 0.29) is 0 Å². The number of hydrogen-bond donors (Lipinski definition) is 0. The summed E-state index contributed by atoms with van der Waals surface area (Å²) in [5.74, 6) is 0. The number of fused-ring (bicyclic) bond motifs is 1. The molecule has 0 aromatic heterocycles. The van der Waals surface area contributed by atoms with Crippen LogP contribution >= 0.6 is 0 Å². The molecule has 0 spiro atoms. The van der Waals surface area contributed by atoms with Crippen LogP contribution in [0.25, 0.3) is 0 Å². The van der Waals surface area contributed by atoms with E-state index in [0.29, 0.717) is 6.42 Å². The minimum atomic E-state index is 0.639. The van der Waals surface area contributed by atoms with Gasteiger partial charge in [-0.05, 0) is 31.4 Å². The summed E-state index contributed by atoms with van der Waals surface area (Å²) in [4.78, 5) is 13.6. The molecule has 0 fully saturated rings. The zero-order chi connectivity index (χ0) is 11.1. The minimum Gasteiger partial charge on any atom is -0.303 e. The summed E-state index contributed by atoms with van der Waals surface area (Å²) in [6, 6.07) is 8.36. The van der Waals surface area contributed by atoms with E-state index in [4.69, 9.17) is 0 Å². The number of carbonyl (C=O) groups excluding carboxylic acids is 1. The molecule has 1 aliphatic rings. The molecule has 15 heavy (non-hydrogen) atoms. The second-order valence-corrected chi connectivity index (χ2v) is 3.55. The van der Waals surface area contributed by atoms with Crippen molar-refractivity contribution in [3.8, 4) is 0 Å². The number of aliphatic imine (C=N–C) groups is 1. The molecule has 0 saturated heterocycles. The molecule has 2 nitrogen and oxygen atoms in total. The molecule has 2 heteroatoms. The topological polar surface area (TPSA) is 29.4 Å². The van der Waals surface area contributed by atoms with Crippen molar-refractivity contribution in [2.75, 3.05) is 0 Å². The maximum atomic E-state index is 9.17. The van der Waals surface area contributed by atoms with Crippen LogP contribution in [0.1, 0.15) is 32.3 Å². The summed E-state index contributed by atoms with van der Waals surface area (Å²) in [6.07, 6.45) is 3.79. The van der Waals surface area contributed by atoms with Crippen molar-refractivity contribution >= 4 is 17.7 Å². The maximum absolute atomic E-state index is 9.17. The van der Waals surface area contributed by atoms with E-state index in [9.17, 15) is 4.79 Å². The zero-order valence-electron chi connectivity index (χ0n) is 9.36. The predicted octanol–water partition coefficient (Wildman–Crippen LogP) is 3.32. The van der Waals surface area contributed by atoms with E-state index in [0.717, 1.165) is 24.8 Å². The Morgan fingerprint density at radius 3 is 2.67 bits per heavy atom. The molecule has 1 aliphatic heterocycles. The van der Waals surface area contributed by atoms with Crippen molar-refractivity contribution in [1.82, 2.24) is 0 Å². The second kappa shape index (κ2) is 6.12. The highest BCUT2D eigenvalue weighted by atomic mass is 16.1. The van der Waals surface area contributed by atoms with Crippen LogP contribution in [0.2, 0.25) is 0 Å². The quantitative estimate of drug-likeness (QED) is 0.644. The van der Waals surface area contributed by atoms with Crippen LogP contribution in [0.5, 0.6) is 0 Å². The Kier molecular flexibility index (Phi) is 4.75. The molecule has 0 atom stereocenters. The van der Waals surface area contributed by atoms with Crippen LogP contribution in [-0.4, -0.2) is 12.0 Å². The molecule has 0 N–H and O–H groups in total. The fraction of sp³-hybridized carbons (Fsp3) is 0.385. The number of carbonyl (C=O) groups is 1. The summed E-state index contributed by atoms with van der Waals surface area (Å²) in [5.41, 5.74) is 3.80. The summed E-state index contributed by atoms with van der Waals surface area (Å²) < 4.78 is 0. The molecule has 1 heterocycles. The molecule has 0 unspecified atom stereocenters. The highest BCUT2D eigenvalue weighted by Crippen LogP contribution is 2.24. The van der Waals surface area contributed by atoms with Crippen molar-refractivity contribution in [3.05, 3.63) is 29.8 Å². The smallest absolute Gasteiger partial charge is 0.119 e. The number of rotatable bonds is 1. The normalized spacial score (nSPS) is 13.1. The number of para-hydroxylation sites is 1. The Balaban J connectivity index is 0.000000245. The molecule has 0 bridgehead atoms. The molecule has 0 amide bonds. The first-order chi connectivity index (χ1) is 7.27. The average Bonchev–Trinajstić information content (AvgIpc) is 2.29. The first kappa shape index (κ1) is 11.6. The molecule has 80 valence electrons. The molecule has 0 radical (unpaired) electrons. The molecular weight excluding hydrogens is 186 g/mol. The third kappa shape index (κ3) is 3.66. The third-order valence-electron chi connectivity index (χ3n) is 2.23. The van der Waals surface area contributed by atoms with E-state index >= 15 is 0 Å². The van der Waals surface area contributed by atoms with Crippen LogP contribution in [0.4, 0.5) is 5.69 Å². The standard InChI is InChI=1S/C10H11N.C3H6O/c1-8-6-7-9-4-2-3-5-10(9)11-8;1-2-3-4/h2-5H,6-7H2,1H3;3H,2H2,1H3. The van der Waals surface area contributed by atoms with Gasteiger partial charge in [0.25, 0.3) is 0 Å². The van der Waals surface area contributed by atoms with Gasteiger partial charge in [-0.2, -0.15) is 0 Å². The van der Waals surface area contributed by atoms with Crippen LogP contribution in [-0.2, 0) is 11.2 Å². The Labute approximate surface area is 91.0 Å². The molecule has 0 aliphatic carbocycles. The van der Waals surface area contributed by atoms with Crippen LogP contribution < -0.4 is 0 Å². The maximum Gasteiger partial charge on any atom is 0.119 e. The number of aryl methyl sites for hydroxylation is 1. The van der Waals surface area contributed by atoms with Crippen molar-refractivity contribution in [1.29, 1.82) is 0 Å². The van der Waals surface area contributed by atoms with Gasteiger partial charge in [0.05, 0.1) is 5.69 Å². The van der Waals surface area contributed by atoms with Gasteiger partial charge in [0.2, 0.25) is 0 Å². The van der Waals surface area contributed by atoms with Gasteiger partial charge in [-0.3, -0.25) is 4.99 Å². The van der Waals surface area contributed by atoms with Crippen molar-refractivity contribution in [2.45, 2.75) is 33.1 Å². The molecular formula is C13H17NO. The highest BCUT2D eigenvalue weighted by Gasteiger charge is 2.06. The Morgan fingerprint density at radius 1 is 1.33 bits per heavy atom. The number of benzene rings is 1. The third-order valence-corrected chi connectivity index (χ3v) is 2.23. The highest BCUT2D eigenvalue weighted by molar-refractivity contribution is 5.86. The number of nitrogens with zero attached hydrogens (tertiary/aromatic N) is 1. The fourth-order valence-corrected chi connectivity index (χ4v) is 1.41. The van der Waals surface area contributed by atoms with Crippen molar-refractivity contribution in [3.63, 3.8) is 0 Å². The lowest BCUT2D eigenvalue weighted by Crippen LogP contribution is -2.00. The lowest BCUT2D eigenvalue weighted by molar-refractivity contribution is -0.107. The zero-order valence-corrected chi connectivity index (χ0v) is 9.36. The summed E-state index contributed by atoms with van der Waals surface area (Å²) in [7, 11) is 0. The predicted molar refractivity (Wildman–Crippen MR) is 63.9 cm³/mol. The summed E-state index contributed by atoms with van der Waals surface area (Å²) in [6.45, 7) is 3.91. The largest absolute Gasteiger partial charge is 0.303 e. The minimum absolute atomic E-state index is 0.639. The second-order valence-electron chi connectivity index (χ2n) is 3.55. The van der Waals surface area contributed by atoms with Crippen LogP contribution in [0.3, 0.4) is 0 Å². The Morgan fingerprint density at radius 2 is 2.00 bits per heavy atom. The van der Waals surface area contributed by atoms with Crippen molar-refractivity contribution in [2.24, 2.45) is 4.99 Å². The number of aldehydes is 1. The van der Waals surface area contributed by atoms with Gasteiger partial charge in [0, 0.05) is 12.1 Å². The van der Waals surface area contributed by atoms with Gasteiger partial charge < -0.3 is 4.79 Å². The van der Waals surface area contributed by atoms with Gasteiger partial charge in [-0.25, -0.2) is 0 Å². The number of hydrogen-bond acceptors (Lipinski definition) is 2. The molecule has 1 aromatic carbocycles. The van der Waals surface area contributed by atoms with E-state index in [1.54, 1.807) is 0 Å². The van der Waals surface area contributed by atoms with Gasteiger partial charge in [-0.1, -0.05) is 25.1 Å². The van der Waals surface area contributed by atoms with Gasteiger partial charge >= 0.3 is 0 Å². The lowest BCUT2D eigenvalue weighted by Gasteiger charge is -2.11. The SMILES string of the molecule is CC1=Nc2ccccc2CC1.CCC=O. The monoisotopic (exact) mass is 203 g/mol. The fourth-order valence-electron chi connectivity index (χ4n) is 1.41. The van der Waals surface area contributed by atoms with Crippen LogP contribution in [0, 0.1) is 0 Å².